The van der Waals surface area contributed by atoms with E-state index < -0.39 is 0 Å². The first-order valence-electron chi connectivity index (χ1n) is 6.36. The maximum atomic E-state index is 6.18. The van der Waals surface area contributed by atoms with Gasteiger partial charge in [0, 0.05) is 10.6 Å². The van der Waals surface area contributed by atoms with E-state index in [0.717, 1.165) is 23.3 Å². The lowest BCUT2D eigenvalue weighted by atomic mass is 10.1. The van der Waals surface area contributed by atoms with Gasteiger partial charge in [-0.3, -0.25) is 0 Å². The van der Waals surface area contributed by atoms with Crippen LogP contribution in [0, 0.1) is 6.92 Å². The van der Waals surface area contributed by atoms with Gasteiger partial charge in [-0.25, -0.2) is 0 Å². The second kappa shape index (κ2) is 6.60. The Morgan fingerprint density at radius 1 is 1.11 bits per heavy atom. The molecule has 0 aliphatic rings. The molecule has 0 fully saturated rings. The van der Waals surface area contributed by atoms with E-state index in [1.54, 1.807) is 0 Å². The predicted molar refractivity (Wildman–Crippen MR) is 79.7 cm³/mol. The Labute approximate surface area is 119 Å². The first kappa shape index (κ1) is 13.9. The highest BCUT2D eigenvalue weighted by Gasteiger charge is 2.07. The summed E-state index contributed by atoms with van der Waals surface area (Å²) in [6, 6.07) is 14.0. The Hall–Kier alpha value is -1.51. The van der Waals surface area contributed by atoms with E-state index in [4.69, 9.17) is 22.1 Å². The van der Waals surface area contributed by atoms with Gasteiger partial charge in [-0.05, 0) is 37.6 Å². The molecular formula is C16H18ClNO. The highest BCUT2D eigenvalue weighted by Crippen LogP contribution is 2.27. The van der Waals surface area contributed by atoms with Crippen molar-refractivity contribution >= 4 is 11.6 Å². The fourth-order valence-corrected chi connectivity index (χ4v) is 2.17. The number of hydrogen-bond acceptors (Lipinski definition) is 2. The van der Waals surface area contributed by atoms with Gasteiger partial charge in [-0.1, -0.05) is 47.5 Å². The number of rotatable bonds is 5. The van der Waals surface area contributed by atoms with Crippen LogP contribution in [0.5, 0.6) is 5.75 Å². The monoisotopic (exact) mass is 275 g/mol. The Bertz CT molecular complexity index is 537. The highest BCUT2D eigenvalue weighted by atomic mass is 35.5. The van der Waals surface area contributed by atoms with Crippen molar-refractivity contribution in [2.75, 3.05) is 6.54 Å². The smallest absolute Gasteiger partial charge is 0.124 e. The molecule has 3 heteroatoms. The summed E-state index contributed by atoms with van der Waals surface area (Å²) < 4.78 is 5.86. The summed E-state index contributed by atoms with van der Waals surface area (Å²) in [5, 5.41) is 0.715. The lowest BCUT2D eigenvalue weighted by Gasteiger charge is -2.12. The van der Waals surface area contributed by atoms with Crippen molar-refractivity contribution in [2.24, 2.45) is 5.73 Å². The van der Waals surface area contributed by atoms with Crippen molar-refractivity contribution in [1.82, 2.24) is 0 Å². The third-order valence-corrected chi connectivity index (χ3v) is 3.34. The quantitative estimate of drug-likeness (QED) is 0.902. The average molecular weight is 276 g/mol. The SMILES string of the molecule is Cc1ccc(COc2cccc(Cl)c2CCN)cc1. The van der Waals surface area contributed by atoms with Gasteiger partial charge in [0.05, 0.1) is 0 Å². The average Bonchev–Trinajstić information content (AvgIpc) is 2.41. The van der Waals surface area contributed by atoms with Gasteiger partial charge in [0.15, 0.2) is 0 Å². The summed E-state index contributed by atoms with van der Waals surface area (Å²) in [6.07, 6.45) is 0.725. The van der Waals surface area contributed by atoms with Gasteiger partial charge in [0.25, 0.3) is 0 Å². The molecule has 2 aromatic carbocycles. The Morgan fingerprint density at radius 2 is 1.84 bits per heavy atom. The van der Waals surface area contributed by atoms with E-state index in [1.807, 2.05) is 18.2 Å². The van der Waals surface area contributed by atoms with Crippen molar-refractivity contribution in [2.45, 2.75) is 20.0 Å². The van der Waals surface area contributed by atoms with Gasteiger partial charge in [-0.15, -0.1) is 0 Å². The van der Waals surface area contributed by atoms with Crippen molar-refractivity contribution < 1.29 is 4.74 Å². The first-order valence-corrected chi connectivity index (χ1v) is 6.74. The predicted octanol–water partition coefficient (Wildman–Crippen LogP) is 3.73. The zero-order chi connectivity index (χ0) is 13.7. The molecule has 0 saturated heterocycles. The first-order chi connectivity index (χ1) is 9.20. The molecule has 0 amide bonds. The fourth-order valence-electron chi connectivity index (χ4n) is 1.91. The van der Waals surface area contributed by atoms with Gasteiger partial charge in [-0.2, -0.15) is 0 Å². The standard InChI is InChI=1S/C16H18ClNO/c1-12-5-7-13(8-6-12)11-19-16-4-2-3-15(17)14(16)9-10-18/h2-8H,9-11,18H2,1H3. The molecular weight excluding hydrogens is 258 g/mol. The van der Waals surface area contributed by atoms with Crippen LogP contribution in [0.2, 0.25) is 5.02 Å². The molecule has 2 nitrogen and oxygen atoms in total. The molecule has 0 aromatic heterocycles. The van der Waals surface area contributed by atoms with Gasteiger partial charge < -0.3 is 10.5 Å². The molecule has 19 heavy (non-hydrogen) atoms. The van der Waals surface area contributed by atoms with Crippen LogP contribution in [0.25, 0.3) is 0 Å². The van der Waals surface area contributed by atoms with Crippen LogP contribution in [0.1, 0.15) is 16.7 Å². The third-order valence-electron chi connectivity index (χ3n) is 2.99. The number of hydrogen-bond donors (Lipinski definition) is 1. The zero-order valence-corrected chi connectivity index (χ0v) is 11.8. The van der Waals surface area contributed by atoms with Crippen molar-refractivity contribution in [3.05, 3.63) is 64.2 Å². The summed E-state index contributed by atoms with van der Waals surface area (Å²) >= 11 is 6.18. The highest BCUT2D eigenvalue weighted by molar-refractivity contribution is 6.31. The minimum atomic E-state index is 0.540. The van der Waals surface area contributed by atoms with Crippen LogP contribution >= 0.6 is 11.6 Å². The second-order valence-corrected chi connectivity index (χ2v) is 4.94. The lowest BCUT2D eigenvalue weighted by molar-refractivity contribution is 0.303. The van der Waals surface area contributed by atoms with E-state index in [0.29, 0.717) is 18.2 Å². The summed E-state index contributed by atoms with van der Waals surface area (Å²) in [6.45, 7) is 3.17. The Balaban J connectivity index is 2.10. The number of nitrogens with two attached hydrogens (primary N) is 1. The van der Waals surface area contributed by atoms with E-state index in [2.05, 4.69) is 31.2 Å². The largest absolute Gasteiger partial charge is 0.489 e. The van der Waals surface area contributed by atoms with Crippen molar-refractivity contribution in [3.8, 4) is 5.75 Å². The molecule has 0 bridgehead atoms. The molecule has 2 aromatic rings. The topological polar surface area (TPSA) is 35.2 Å². The van der Waals surface area contributed by atoms with E-state index in [9.17, 15) is 0 Å². The lowest BCUT2D eigenvalue weighted by Crippen LogP contribution is -2.06. The second-order valence-electron chi connectivity index (χ2n) is 4.53. The fraction of sp³-hybridized carbons (Fsp3) is 0.250. The van der Waals surface area contributed by atoms with Gasteiger partial charge in [0.2, 0.25) is 0 Å². The molecule has 0 saturated carbocycles. The normalized spacial score (nSPS) is 10.5. The number of halogens is 1. The molecule has 2 rings (SSSR count). The van der Waals surface area contributed by atoms with Crippen molar-refractivity contribution in [3.63, 3.8) is 0 Å². The van der Waals surface area contributed by atoms with E-state index in [1.165, 1.54) is 5.56 Å². The van der Waals surface area contributed by atoms with Crippen molar-refractivity contribution in [1.29, 1.82) is 0 Å². The van der Waals surface area contributed by atoms with Crippen LogP contribution < -0.4 is 10.5 Å². The maximum Gasteiger partial charge on any atom is 0.124 e. The Kier molecular flexibility index (Phi) is 4.83. The molecule has 0 heterocycles. The van der Waals surface area contributed by atoms with E-state index in [-0.39, 0.29) is 0 Å². The summed E-state index contributed by atoms with van der Waals surface area (Å²) in [7, 11) is 0. The molecule has 2 N–H and O–H groups in total. The molecule has 0 spiro atoms. The van der Waals surface area contributed by atoms with Crippen LogP contribution in [0.4, 0.5) is 0 Å². The minimum absolute atomic E-state index is 0.540. The van der Waals surface area contributed by atoms with Crippen LogP contribution in [0.15, 0.2) is 42.5 Å². The van der Waals surface area contributed by atoms with Crippen LogP contribution in [0.3, 0.4) is 0 Å². The molecule has 0 atom stereocenters. The molecule has 100 valence electrons. The number of benzene rings is 2. The summed E-state index contributed by atoms with van der Waals surface area (Å²) in [5.41, 5.74) is 8.98. The summed E-state index contributed by atoms with van der Waals surface area (Å²) in [5.74, 6) is 0.818. The van der Waals surface area contributed by atoms with Gasteiger partial charge >= 0.3 is 0 Å². The zero-order valence-electron chi connectivity index (χ0n) is 11.0. The number of aryl methyl sites for hydroxylation is 1. The molecule has 0 aliphatic carbocycles. The van der Waals surface area contributed by atoms with E-state index >= 15 is 0 Å². The van der Waals surface area contributed by atoms with Crippen LogP contribution in [-0.4, -0.2) is 6.54 Å². The van der Waals surface area contributed by atoms with Crippen LogP contribution in [-0.2, 0) is 13.0 Å². The van der Waals surface area contributed by atoms with Gasteiger partial charge in [0.1, 0.15) is 12.4 Å². The minimum Gasteiger partial charge on any atom is -0.489 e. The molecule has 0 unspecified atom stereocenters. The number of ether oxygens (including phenoxy) is 1. The Morgan fingerprint density at radius 3 is 2.53 bits per heavy atom. The molecule has 0 radical (unpaired) electrons. The third kappa shape index (κ3) is 3.72. The maximum absolute atomic E-state index is 6.18. The summed E-state index contributed by atoms with van der Waals surface area (Å²) in [4.78, 5) is 0. The molecule has 0 aliphatic heterocycles.